The van der Waals surface area contributed by atoms with Gasteiger partial charge in [0.05, 0.1) is 11.0 Å². The molecule has 0 saturated carbocycles. The van der Waals surface area contributed by atoms with Crippen molar-refractivity contribution in [2.75, 3.05) is 0 Å². The molecule has 5 rings (SSSR count). The summed E-state index contributed by atoms with van der Waals surface area (Å²) in [6.45, 7) is 0. The number of carbonyl (C=O) groups excluding carboxylic acids is 1. The maximum absolute atomic E-state index is 11.9. The van der Waals surface area contributed by atoms with E-state index < -0.39 is 5.91 Å². The number of primary amides is 1. The van der Waals surface area contributed by atoms with E-state index in [1.165, 1.54) is 0 Å². The molecule has 5 heteroatoms. The number of H-pyrrole nitrogens is 1. The Morgan fingerprint density at radius 3 is 2.46 bits per heavy atom. The van der Waals surface area contributed by atoms with Crippen molar-refractivity contribution in [3.05, 3.63) is 84.8 Å². The summed E-state index contributed by atoms with van der Waals surface area (Å²) in [7, 11) is 0. The summed E-state index contributed by atoms with van der Waals surface area (Å²) in [4.78, 5) is 23.9. The van der Waals surface area contributed by atoms with Gasteiger partial charge in [0.25, 0.3) is 0 Å². The molecule has 2 heterocycles. The molecular weight excluding hydrogens is 348 g/mol. The molecule has 0 fully saturated rings. The van der Waals surface area contributed by atoms with Gasteiger partial charge in [0.15, 0.2) is 0 Å². The minimum Gasteiger partial charge on any atom is -0.366 e. The van der Waals surface area contributed by atoms with E-state index in [1.807, 2.05) is 60.8 Å². The van der Waals surface area contributed by atoms with E-state index in [9.17, 15) is 4.79 Å². The zero-order valence-corrected chi connectivity index (χ0v) is 14.9. The van der Waals surface area contributed by atoms with Crippen LogP contribution in [0.3, 0.4) is 0 Å². The smallest absolute Gasteiger partial charge is 0.249 e. The third-order valence-electron chi connectivity index (χ3n) is 4.98. The Hall–Kier alpha value is -3.99. The van der Waals surface area contributed by atoms with Crippen LogP contribution >= 0.6 is 0 Å². The molecule has 3 N–H and O–H groups in total. The quantitative estimate of drug-likeness (QED) is 0.493. The Bertz CT molecular complexity index is 1350. The fourth-order valence-electron chi connectivity index (χ4n) is 3.69. The second-order valence-corrected chi connectivity index (χ2v) is 6.62. The van der Waals surface area contributed by atoms with Crippen LogP contribution in [-0.4, -0.2) is 20.9 Å². The van der Waals surface area contributed by atoms with Gasteiger partial charge in [-0.1, -0.05) is 48.5 Å². The van der Waals surface area contributed by atoms with Crippen LogP contribution in [0.1, 0.15) is 10.4 Å². The predicted molar refractivity (Wildman–Crippen MR) is 111 cm³/mol. The maximum atomic E-state index is 11.9. The van der Waals surface area contributed by atoms with E-state index in [-0.39, 0.29) is 0 Å². The van der Waals surface area contributed by atoms with Crippen molar-refractivity contribution in [2.45, 2.75) is 0 Å². The summed E-state index contributed by atoms with van der Waals surface area (Å²) in [6, 6.07) is 21.5. The Labute approximate surface area is 160 Å². The number of nitrogens with two attached hydrogens (primary N) is 1. The maximum Gasteiger partial charge on any atom is 0.249 e. The average molecular weight is 364 g/mol. The third kappa shape index (κ3) is 2.53. The highest BCUT2D eigenvalue weighted by Gasteiger charge is 2.15. The normalized spacial score (nSPS) is 11.1. The first-order chi connectivity index (χ1) is 13.7. The van der Waals surface area contributed by atoms with Gasteiger partial charge in [0.1, 0.15) is 6.33 Å². The lowest BCUT2D eigenvalue weighted by Crippen LogP contribution is -2.12. The SMILES string of the molecule is NC(=O)c1ccccc1-c1ccccc1-c1cc2ccc3ncncc3c2[nH]1. The van der Waals surface area contributed by atoms with Crippen molar-refractivity contribution in [3.8, 4) is 22.4 Å². The molecule has 3 aromatic carbocycles. The fraction of sp³-hybridized carbons (Fsp3) is 0. The molecule has 0 spiro atoms. The summed E-state index contributed by atoms with van der Waals surface area (Å²) in [6.07, 6.45) is 3.37. The summed E-state index contributed by atoms with van der Waals surface area (Å²) in [5, 5.41) is 2.05. The molecule has 5 nitrogen and oxygen atoms in total. The summed E-state index contributed by atoms with van der Waals surface area (Å²) in [5.41, 5.74) is 11.7. The molecule has 0 atom stereocenters. The predicted octanol–water partition coefficient (Wildman–Crippen LogP) is 4.54. The van der Waals surface area contributed by atoms with Crippen LogP contribution in [0.5, 0.6) is 0 Å². The number of benzene rings is 3. The molecule has 5 aromatic rings. The Morgan fingerprint density at radius 2 is 1.64 bits per heavy atom. The van der Waals surface area contributed by atoms with Crippen LogP contribution in [0, 0.1) is 0 Å². The summed E-state index contributed by atoms with van der Waals surface area (Å²) >= 11 is 0. The Morgan fingerprint density at radius 1 is 0.893 bits per heavy atom. The second-order valence-electron chi connectivity index (χ2n) is 6.62. The van der Waals surface area contributed by atoms with Gasteiger partial charge >= 0.3 is 0 Å². The van der Waals surface area contributed by atoms with Crippen LogP contribution in [0.2, 0.25) is 0 Å². The first kappa shape index (κ1) is 16.2. The number of aromatic nitrogens is 3. The number of carbonyl (C=O) groups is 1. The first-order valence-electron chi connectivity index (χ1n) is 8.92. The molecule has 134 valence electrons. The van der Waals surface area contributed by atoms with Gasteiger partial charge in [-0.2, -0.15) is 0 Å². The minimum atomic E-state index is -0.440. The average Bonchev–Trinajstić information content (AvgIpc) is 3.18. The van der Waals surface area contributed by atoms with Crippen LogP contribution in [0.25, 0.3) is 44.2 Å². The lowest BCUT2D eigenvalue weighted by atomic mass is 9.94. The zero-order chi connectivity index (χ0) is 19.1. The molecule has 0 saturated heterocycles. The molecule has 0 bridgehead atoms. The fourth-order valence-corrected chi connectivity index (χ4v) is 3.69. The second kappa shape index (κ2) is 6.32. The van der Waals surface area contributed by atoms with Gasteiger partial charge in [0, 0.05) is 33.8 Å². The van der Waals surface area contributed by atoms with Gasteiger partial charge < -0.3 is 10.7 Å². The number of fused-ring (bicyclic) bond motifs is 3. The minimum absolute atomic E-state index is 0.440. The monoisotopic (exact) mass is 364 g/mol. The zero-order valence-electron chi connectivity index (χ0n) is 14.9. The number of hydrogen-bond acceptors (Lipinski definition) is 3. The van der Waals surface area contributed by atoms with Gasteiger partial charge in [-0.15, -0.1) is 0 Å². The van der Waals surface area contributed by atoms with Crippen molar-refractivity contribution in [1.82, 2.24) is 15.0 Å². The van der Waals surface area contributed by atoms with E-state index in [0.717, 1.165) is 44.2 Å². The molecular formula is C23H16N4O. The van der Waals surface area contributed by atoms with Crippen molar-refractivity contribution in [2.24, 2.45) is 5.73 Å². The molecule has 0 aliphatic rings. The van der Waals surface area contributed by atoms with Crippen LogP contribution in [0.4, 0.5) is 0 Å². The Balaban J connectivity index is 1.76. The van der Waals surface area contributed by atoms with Crippen molar-refractivity contribution in [1.29, 1.82) is 0 Å². The number of aromatic amines is 1. The molecule has 1 amide bonds. The highest BCUT2D eigenvalue weighted by molar-refractivity contribution is 6.07. The van der Waals surface area contributed by atoms with Crippen LogP contribution in [0.15, 0.2) is 79.3 Å². The van der Waals surface area contributed by atoms with E-state index in [1.54, 1.807) is 12.4 Å². The van der Waals surface area contributed by atoms with Crippen molar-refractivity contribution in [3.63, 3.8) is 0 Å². The summed E-state index contributed by atoms with van der Waals surface area (Å²) in [5.74, 6) is -0.440. The number of hydrogen-bond donors (Lipinski definition) is 2. The molecule has 0 aliphatic heterocycles. The highest BCUT2D eigenvalue weighted by atomic mass is 16.1. The van der Waals surface area contributed by atoms with Crippen molar-refractivity contribution < 1.29 is 4.79 Å². The number of amides is 1. The van der Waals surface area contributed by atoms with E-state index in [4.69, 9.17) is 5.73 Å². The van der Waals surface area contributed by atoms with E-state index in [2.05, 4.69) is 21.0 Å². The number of rotatable bonds is 3. The molecule has 0 unspecified atom stereocenters. The van der Waals surface area contributed by atoms with Gasteiger partial charge in [0.2, 0.25) is 5.91 Å². The van der Waals surface area contributed by atoms with Gasteiger partial charge in [-0.25, -0.2) is 9.97 Å². The molecule has 0 radical (unpaired) electrons. The summed E-state index contributed by atoms with van der Waals surface area (Å²) < 4.78 is 0. The van der Waals surface area contributed by atoms with E-state index >= 15 is 0 Å². The van der Waals surface area contributed by atoms with Gasteiger partial charge in [-0.3, -0.25) is 4.79 Å². The Kier molecular flexibility index (Phi) is 3.66. The molecule has 28 heavy (non-hydrogen) atoms. The lowest BCUT2D eigenvalue weighted by molar-refractivity contribution is 0.100. The van der Waals surface area contributed by atoms with Crippen LogP contribution in [-0.2, 0) is 0 Å². The number of nitrogens with one attached hydrogen (secondary N) is 1. The van der Waals surface area contributed by atoms with Gasteiger partial charge in [-0.05, 0) is 29.3 Å². The standard InChI is InChI=1S/C23H16N4O/c24-23(28)18-8-4-2-6-16(18)15-5-1-3-7-17(15)21-11-14-9-10-20-19(22(14)27-21)12-25-13-26-20/h1-13,27H,(H2,24,28). The lowest BCUT2D eigenvalue weighted by Gasteiger charge is -2.11. The first-order valence-corrected chi connectivity index (χ1v) is 8.92. The molecule has 2 aromatic heterocycles. The topological polar surface area (TPSA) is 84.7 Å². The molecule has 0 aliphatic carbocycles. The largest absolute Gasteiger partial charge is 0.366 e. The number of nitrogens with zero attached hydrogens (tertiary/aromatic N) is 2. The van der Waals surface area contributed by atoms with Crippen molar-refractivity contribution >= 4 is 27.7 Å². The third-order valence-corrected chi connectivity index (χ3v) is 4.98. The highest BCUT2D eigenvalue weighted by Crippen LogP contribution is 2.36. The van der Waals surface area contributed by atoms with E-state index in [0.29, 0.717) is 5.56 Å². The van der Waals surface area contributed by atoms with Crippen LogP contribution < -0.4 is 5.73 Å².